The summed E-state index contributed by atoms with van der Waals surface area (Å²) in [7, 11) is 3.01. The fourth-order valence-corrected chi connectivity index (χ4v) is 3.15. The van der Waals surface area contributed by atoms with Crippen molar-refractivity contribution in [3.8, 4) is 0 Å². The van der Waals surface area contributed by atoms with Crippen molar-refractivity contribution in [2.24, 2.45) is 5.92 Å². The SMILES string of the molecule is CC(C)C[C@@H](C(=O)N(C)[C@H](CCc1ccccc1)C(=O)O)N(C)C(=O)OC(C)(C)C. The topological polar surface area (TPSA) is 87.2 Å². The second-order valence-electron chi connectivity index (χ2n) is 9.06. The molecule has 0 bridgehead atoms. The fraction of sp³-hybridized carbons (Fsp3) is 0.609. The lowest BCUT2D eigenvalue weighted by molar-refractivity contribution is -0.151. The predicted molar refractivity (Wildman–Crippen MR) is 116 cm³/mol. The van der Waals surface area contributed by atoms with E-state index in [4.69, 9.17) is 4.74 Å². The number of likely N-dealkylation sites (N-methyl/N-ethyl adjacent to an activating group) is 2. The third-order valence-corrected chi connectivity index (χ3v) is 4.78. The Morgan fingerprint density at radius 3 is 2.03 bits per heavy atom. The molecule has 0 saturated heterocycles. The van der Waals surface area contributed by atoms with Crippen molar-refractivity contribution < 1.29 is 24.2 Å². The molecule has 0 aliphatic heterocycles. The number of aliphatic carboxylic acids is 1. The van der Waals surface area contributed by atoms with E-state index in [2.05, 4.69) is 0 Å². The molecule has 1 N–H and O–H groups in total. The van der Waals surface area contributed by atoms with Crippen molar-refractivity contribution in [3.63, 3.8) is 0 Å². The van der Waals surface area contributed by atoms with E-state index < -0.39 is 35.7 Å². The molecule has 0 spiro atoms. The van der Waals surface area contributed by atoms with E-state index in [0.29, 0.717) is 12.8 Å². The molecular weight excluding hydrogens is 384 g/mol. The minimum atomic E-state index is -1.06. The first-order chi connectivity index (χ1) is 13.8. The van der Waals surface area contributed by atoms with Gasteiger partial charge in [-0.3, -0.25) is 9.69 Å². The maximum Gasteiger partial charge on any atom is 0.410 e. The first-order valence-electron chi connectivity index (χ1n) is 10.3. The van der Waals surface area contributed by atoms with Crippen LogP contribution in [-0.2, 0) is 20.7 Å². The lowest BCUT2D eigenvalue weighted by Crippen LogP contribution is -2.54. The van der Waals surface area contributed by atoms with Crippen molar-refractivity contribution in [1.82, 2.24) is 9.80 Å². The summed E-state index contributed by atoms with van der Waals surface area (Å²) in [5.41, 5.74) is 0.316. The summed E-state index contributed by atoms with van der Waals surface area (Å²) in [6.07, 6.45) is 0.619. The molecule has 1 aromatic carbocycles. The highest BCUT2D eigenvalue weighted by Crippen LogP contribution is 2.19. The molecule has 1 aromatic rings. The highest BCUT2D eigenvalue weighted by molar-refractivity contribution is 5.89. The minimum absolute atomic E-state index is 0.129. The van der Waals surface area contributed by atoms with Gasteiger partial charge in [0.2, 0.25) is 5.91 Å². The molecule has 0 aliphatic carbocycles. The summed E-state index contributed by atoms with van der Waals surface area (Å²) in [6, 6.07) is 7.76. The predicted octanol–water partition coefficient (Wildman–Crippen LogP) is 3.81. The number of benzene rings is 1. The van der Waals surface area contributed by atoms with E-state index in [0.717, 1.165) is 5.56 Å². The number of ether oxygens (including phenoxy) is 1. The van der Waals surface area contributed by atoms with Gasteiger partial charge < -0.3 is 14.7 Å². The first kappa shape index (κ1) is 25.5. The molecular formula is C23H36N2O5. The Morgan fingerprint density at radius 1 is 1.00 bits per heavy atom. The Balaban J connectivity index is 3.00. The first-order valence-corrected chi connectivity index (χ1v) is 10.3. The summed E-state index contributed by atoms with van der Waals surface area (Å²) in [6.45, 7) is 9.18. The van der Waals surface area contributed by atoms with Gasteiger partial charge in [-0.25, -0.2) is 9.59 Å². The standard InChI is InChI=1S/C23H36N2O5/c1-16(2)15-19(25(7)22(29)30-23(3,4)5)20(26)24(6)18(21(27)28)14-13-17-11-9-8-10-12-17/h8-12,16,18-19H,13-15H2,1-7H3,(H,27,28)/t18-,19+/m1/s1. The van der Waals surface area contributed by atoms with Crippen LogP contribution in [0.25, 0.3) is 0 Å². The van der Waals surface area contributed by atoms with E-state index in [1.165, 1.54) is 23.9 Å². The molecule has 0 radical (unpaired) electrons. The smallest absolute Gasteiger partial charge is 0.410 e. The highest BCUT2D eigenvalue weighted by Gasteiger charge is 2.36. The minimum Gasteiger partial charge on any atom is -0.480 e. The third-order valence-electron chi connectivity index (χ3n) is 4.78. The van der Waals surface area contributed by atoms with Crippen LogP contribution in [0.5, 0.6) is 0 Å². The highest BCUT2D eigenvalue weighted by atomic mass is 16.6. The van der Waals surface area contributed by atoms with Crippen LogP contribution in [0.2, 0.25) is 0 Å². The van der Waals surface area contributed by atoms with Gasteiger partial charge in [-0.2, -0.15) is 0 Å². The Labute approximate surface area is 180 Å². The van der Waals surface area contributed by atoms with Crippen molar-refractivity contribution in [2.75, 3.05) is 14.1 Å². The van der Waals surface area contributed by atoms with Crippen LogP contribution >= 0.6 is 0 Å². The Morgan fingerprint density at radius 2 is 1.57 bits per heavy atom. The van der Waals surface area contributed by atoms with Crippen LogP contribution in [0.1, 0.15) is 53.0 Å². The quantitative estimate of drug-likeness (QED) is 0.656. The van der Waals surface area contributed by atoms with Gasteiger partial charge >= 0.3 is 12.1 Å². The zero-order valence-electron chi connectivity index (χ0n) is 19.2. The third kappa shape index (κ3) is 8.05. The van der Waals surface area contributed by atoms with Gasteiger partial charge in [0, 0.05) is 14.1 Å². The van der Waals surface area contributed by atoms with Crippen LogP contribution in [0, 0.1) is 5.92 Å². The average Bonchev–Trinajstić information content (AvgIpc) is 2.64. The number of nitrogens with zero attached hydrogens (tertiary/aromatic N) is 2. The number of amides is 2. The van der Waals surface area contributed by atoms with E-state index in [9.17, 15) is 19.5 Å². The zero-order chi connectivity index (χ0) is 23.1. The van der Waals surface area contributed by atoms with Gasteiger partial charge in [-0.15, -0.1) is 0 Å². The molecule has 0 unspecified atom stereocenters. The van der Waals surface area contributed by atoms with E-state index in [-0.39, 0.29) is 12.3 Å². The molecule has 0 heterocycles. The summed E-state index contributed by atoms with van der Waals surface area (Å²) in [5.74, 6) is -1.34. The molecule has 0 aromatic heterocycles. The van der Waals surface area contributed by atoms with Gasteiger partial charge in [0.15, 0.2) is 0 Å². The van der Waals surface area contributed by atoms with Gasteiger partial charge in [-0.05, 0) is 51.5 Å². The molecule has 168 valence electrons. The summed E-state index contributed by atoms with van der Waals surface area (Å²) < 4.78 is 5.41. The van der Waals surface area contributed by atoms with Crippen molar-refractivity contribution >= 4 is 18.0 Å². The number of hydrogen-bond acceptors (Lipinski definition) is 4. The summed E-state index contributed by atoms with van der Waals surface area (Å²) in [4.78, 5) is 40.2. The summed E-state index contributed by atoms with van der Waals surface area (Å²) >= 11 is 0. The maximum atomic E-state index is 13.3. The van der Waals surface area contributed by atoms with E-state index in [1.54, 1.807) is 20.8 Å². The molecule has 2 amide bonds. The normalized spacial score (nSPS) is 13.5. The van der Waals surface area contributed by atoms with Crippen LogP contribution in [0.3, 0.4) is 0 Å². The number of rotatable bonds is 9. The van der Waals surface area contributed by atoms with Crippen LogP contribution in [-0.4, -0.2) is 64.7 Å². The molecule has 2 atom stereocenters. The fourth-order valence-electron chi connectivity index (χ4n) is 3.15. The average molecular weight is 421 g/mol. The second kappa shape index (κ2) is 11.0. The number of carbonyl (C=O) groups is 3. The van der Waals surface area contributed by atoms with Gasteiger partial charge in [0.05, 0.1) is 0 Å². The van der Waals surface area contributed by atoms with Crippen LogP contribution < -0.4 is 0 Å². The van der Waals surface area contributed by atoms with E-state index >= 15 is 0 Å². The van der Waals surface area contributed by atoms with Crippen molar-refractivity contribution in [1.29, 1.82) is 0 Å². The molecule has 7 heteroatoms. The Kier molecular flexibility index (Phi) is 9.33. The number of carboxylic acids is 1. The number of hydrogen-bond donors (Lipinski definition) is 1. The Hall–Kier alpha value is -2.57. The molecule has 0 fully saturated rings. The van der Waals surface area contributed by atoms with Crippen LogP contribution in [0.4, 0.5) is 4.79 Å². The van der Waals surface area contributed by atoms with Crippen molar-refractivity contribution in [2.45, 2.75) is 71.6 Å². The van der Waals surface area contributed by atoms with Gasteiger partial charge in [-0.1, -0.05) is 44.2 Å². The second-order valence-corrected chi connectivity index (χ2v) is 9.06. The molecule has 0 aliphatic rings. The zero-order valence-corrected chi connectivity index (χ0v) is 19.2. The van der Waals surface area contributed by atoms with Gasteiger partial charge in [0.25, 0.3) is 0 Å². The maximum absolute atomic E-state index is 13.3. The summed E-state index contributed by atoms with van der Waals surface area (Å²) in [5, 5.41) is 9.74. The number of aryl methyl sites for hydroxylation is 1. The lowest BCUT2D eigenvalue weighted by atomic mass is 9.99. The Bertz CT molecular complexity index is 712. The van der Waals surface area contributed by atoms with Crippen molar-refractivity contribution in [3.05, 3.63) is 35.9 Å². The molecule has 1 rings (SSSR count). The monoisotopic (exact) mass is 420 g/mol. The number of carbonyl (C=O) groups excluding carboxylic acids is 2. The lowest BCUT2D eigenvalue weighted by Gasteiger charge is -2.35. The van der Waals surface area contributed by atoms with Crippen LogP contribution in [0.15, 0.2) is 30.3 Å². The number of carboxylic acid groups (broad SMARTS) is 1. The van der Waals surface area contributed by atoms with Gasteiger partial charge in [0.1, 0.15) is 17.7 Å². The largest absolute Gasteiger partial charge is 0.480 e. The molecule has 30 heavy (non-hydrogen) atoms. The van der Waals surface area contributed by atoms with E-state index in [1.807, 2.05) is 44.2 Å². The molecule has 7 nitrogen and oxygen atoms in total. The molecule has 0 saturated carbocycles.